The molecule has 3 rings (SSSR count). The van der Waals surface area contributed by atoms with Crippen molar-refractivity contribution in [1.82, 2.24) is 0 Å². The van der Waals surface area contributed by atoms with Crippen molar-refractivity contribution in [3.05, 3.63) is 45.8 Å². The first-order chi connectivity index (χ1) is 6.86. The van der Waals surface area contributed by atoms with Crippen LogP contribution in [-0.4, -0.2) is 0 Å². The van der Waals surface area contributed by atoms with E-state index < -0.39 is 0 Å². The van der Waals surface area contributed by atoms with Crippen LogP contribution in [0.15, 0.2) is 33.5 Å². The first-order valence-electron chi connectivity index (χ1n) is 4.90. The number of hydrogen-bond donors (Lipinski definition) is 0. The van der Waals surface area contributed by atoms with Crippen molar-refractivity contribution in [3.8, 4) is 0 Å². The Morgan fingerprint density at radius 3 is 2.93 bits per heavy atom. The SMILES string of the molecule is O=c1ccccc2c3c(oc12)CCC3. The van der Waals surface area contributed by atoms with Crippen molar-refractivity contribution < 1.29 is 4.42 Å². The second-order valence-electron chi connectivity index (χ2n) is 3.68. The van der Waals surface area contributed by atoms with Crippen molar-refractivity contribution in [2.24, 2.45) is 0 Å². The maximum atomic E-state index is 11.6. The molecule has 1 aromatic carbocycles. The molecule has 2 heteroatoms. The van der Waals surface area contributed by atoms with Gasteiger partial charge in [0.2, 0.25) is 5.43 Å². The fourth-order valence-corrected chi connectivity index (χ4v) is 2.16. The summed E-state index contributed by atoms with van der Waals surface area (Å²) in [6.07, 6.45) is 3.18. The lowest BCUT2D eigenvalue weighted by Crippen LogP contribution is -1.92. The summed E-state index contributed by atoms with van der Waals surface area (Å²) < 4.78 is 5.59. The van der Waals surface area contributed by atoms with Gasteiger partial charge < -0.3 is 4.42 Å². The minimum Gasteiger partial charge on any atom is -0.457 e. The zero-order chi connectivity index (χ0) is 9.54. The molecule has 1 aliphatic rings. The minimum absolute atomic E-state index is 0.0144. The smallest absolute Gasteiger partial charge is 0.221 e. The Kier molecular flexibility index (Phi) is 1.51. The van der Waals surface area contributed by atoms with Gasteiger partial charge in [0.1, 0.15) is 5.76 Å². The van der Waals surface area contributed by atoms with Crippen LogP contribution in [0.25, 0.3) is 11.0 Å². The maximum absolute atomic E-state index is 11.6. The Morgan fingerprint density at radius 2 is 2.00 bits per heavy atom. The summed E-state index contributed by atoms with van der Waals surface area (Å²) in [6, 6.07) is 7.20. The molecule has 0 spiro atoms. The maximum Gasteiger partial charge on any atom is 0.221 e. The van der Waals surface area contributed by atoms with Gasteiger partial charge in [0.05, 0.1) is 0 Å². The highest BCUT2D eigenvalue weighted by molar-refractivity contribution is 5.82. The van der Waals surface area contributed by atoms with E-state index >= 15 is 0 Å². The summed E-state index contributed by atoms with van der Waals surface area (Å²) in [6.45, 7) is 0. The fraction of sp³-hybridized carbons (Fsp3) is 0.250. The van der Waals surface area contributed by atoms with E-state index in [0.29, 0.717) is 5.58 Å². The molecule has 1 aromatic heterocycles. The topological polar surface area (TPSA) is 30.2 Å². The molecule has 0 unspecified atom stereocenters. The summed E-state index contributed by atoms with van der Waals surface area (Å²) in [5.41, 5.74) is 1.76. The molecule has 1 aliphatic carbocycles. The van der Waals surface area contributed by atoms with E-state index in [0.717, 1.165) is 30.4 Å². The van der Waals surface area contributed by atoms with Crippen molar-refractivity contribution in [2.75, 3.05) is 0 Å². The second-order valence-corrected chi connectivity index (χ2v) is 3.68. The zero-order valence-corrected chi connectivity index (χ0v) is 7.75. The van der Waals surface area contributed by atoms with Gasteiger partial charge in [0, 0.05) is 17.4 Å². The molecule has 0 atom stereocenters. The van der Waals surface area contributed by atoms with Crippen LogP contribution in [-0.2, 0) is 12.8 Å². The lowest BCUT2D eigenvalue weighted by Gasteiger charge is -1.84. The van der Waals surface area contributed by atoms with Crippen LogP contribution in [0.1, 0.15) is 17.7 Å². The predicted molar refractivity (Wildman–Crippen MR) is 54.5 cm³/mol. The van der Waals surface area contributed by atoms with Gasteiger partial charge in [0.15, 0.2) is 5.58 Å². The number of furan rings is 1. The van der Waals surface area contributed by atoms with E-state index in [4.69, 9.17) is 4.42 Å². The van der Waals surface area contributed by atoms with Crippen LogP contribution in [0, 0.1) is 0 Å². The highest BCUT2D eigenvalue weighted by atomic mass is 16.3. The third-order valence-electron chi connectivity index (χ3n) is 2.81. The first kappa shape index (κ1) is 7.80. The predicted octanol–water partition coefficient (Wildman–Crippen LogP) is 2.28. The highest BCUT2D eigenvalue weighted by Crippen LogP contribution is 2.30. The normalized spacial score (nSPS) is 14.6. The minimum atomic E-state index is -0.0144. The molecule has 1 heterocycles. The van der Waals surface area contributed by atoms with Gasteiger partial charge in [-0.2, -0.15) is 0 Å². The van der Waals surface area contributed by atoms with Crippen molar-refractivity contribution >= 4 is 11.0 Å². The Balaban J connectivity index is 2.52. The largest absolute Gasteiger partial charge is 0.457 e. The standard InChI is InChI=1S/C12H10O2/c13-10-6-2-1-4-9-8-5-3-7-11(8)14-12(9)10/h1-2,4,6H,3,5,7H2. The van der Waals surface area contributed by atoms with Gasteiger partial charge in [-0.25, -0.2) is 0 Å². The molecule has 0 aliphatic heterocycles. The Hall–Kier alpha value is -1.57. The lowest BCUT2D eigenvalue weighted by molar-refractivity contribution is 0.555. The first-order valence-corrected chi connectivity index (χ1v) is 4.90. The molecule has 2 aromatic rings. The molecule has 70 valence electrons. The van der Waals surface area contributed by atoms with E-state index in [1.165, 1.54) is 5.56 Å². The number of aryl methyl sites for hydroxylation is 2. The van der Waals surface area contributed by atoms with Crippen molar-refractivity contribution in [2.45, 2.75) is 19.3 Å². The monoisotopic (exact) mass is 186 g/mol. The van der Waals surface area contributed by atoms with Crippen molar-refractivity contribution in [1.29, 1.82) is 0 Å². The van der Waals surface area contributed by atoms with Crippen LogP contribution in [0.4, 0.5) is 0 Å². The zero-order valence-electron chi connectivity index (χ0n) is 7.75. The van der Waals surface area contributed by atoms with Gasteiger partial charge >= 0.3 is 0 Å². The highest BCUT2D eigenvalue weighted by Gasteiger charge is 2.19. The molecule has 0 amide bonds. The van der Waals surface area contributed by atoms with Crippen LogP contribution in [0.5, 0.6) is 0 Å². The lowest BCUT2D eigenvalue weighted by atomic mass is 10.2. The Bertz CT molecular complexity index is 552. The fourth-order valence-electron chi connectivity index (χ4n) is 2.16. The van der Waals surface area contributed by atoms with Crippen LogP contribution < -0.4 is 5.43 Å². The van der Waals surface area contributed by atoms with Gasteiger partial charge in [-0.05, 0) is 18.9 Å². The summed E-state index contributed by atoms with van der Waals surface area (Å²) in [5.74, 6) is 1.02. The summed E-state index contributed by atoms with van der Waals surface area (Å²) in [4.78, 5) is 11.6. The molecule has 0 N–H and O–H groups in total. The Morgan fingerprint density at radius 1 is 1.14 bits per heavy atom. The van der Waals surface area contributed by atoms with Crippen LogP contribution in [0.3, 0.4) is 0 Å². The van der Waals surface area contributed by atoms with Crippen molar-refractivity contribution in [3.63, 3.8) is 0 Å². The molecule has 0 radical (unpaired) electrons. The number of hydrogen-bond acceptors (Lipinski definition) is 2. The summed E-state index contributed by atoms with van der Waals surface area (Å²) >= 11 is 0. The average Bonchev–Trinajstić information content (AvgIpc) is 2.68. The van der Waals surface area contributed by atoms with E-state index in [1.807, 2.05) is 12.1 Å². The van der Waals surface area contributed by atoms with Gasteiger partial charge in [-0.3, -0.25) is 4.79 Å². The van der Waals surface area contributed by atoms with Crippen LogP contribution >= 0.6 is 0 Å². The van der Waals surface area contributed by atoms with Gasteiger partial charge in [-0.1, -0.05) is 18.2 Å². The molecular formula is C12H10O2. The van der Waals surface area contributed by atoms with Crippen LogP contribution in [0.2, 0.25) is 0 Å². The quantitative estimate of drug-likeness (QED) is 0.631. The molecule has 0 fully saturated rings. The van der Waals surface area contributed by atoms with Gasteiger partial charge in [0.25, 0.3) is 0 Å². The van der Waals surface area contributed by atoms with E-state index in [2.05, 4.69) is 0 Å². The third-order valence-corrected chi connectivity index (χ3v) is 2.81. The van der Waals surface area contributed by atoms with E-state index in [1.54, 1.807) is 12.1 Å². The summed E-state index contributed by atoms with van der Waals surface area (Å²) in [5, 5.41) is 1.01. The number of rotatable bonds is 0. The third kappa shape index (κ3) is 0.939. The molecule has 14 heavy (non-hydrogen) atoms. The second kappa shape index (κ2) is 2.71. The molecule has 0 saturated carbocycles. The number of fused-ring (bicyclic) bond motifs is 3. The molecule has 0 bridgehead atoms. The average molecular weight is 186 g/mol. The van der Waals surface area contributed by atoms with Gasteiger partial charge in [-0.15, -0.1) is 0 Å². The molecular weight excluding hydrogens is 176 g/mol. The van der Waals surface area contributed by atoms with E-state index in [-0.39, 0.29) is 5.43 Å². The summed E-state index contributed by atoms with van der Waals surface area (Å²) in [7, 11) is 0. The Labute approximate surface area is 81.2 Å². The molecule has 2 nitrogen and oxygen atoms in total. The van der Waals surface area contributed by atoms with E-state index in [9.17, 15) is 4.79 Å². The molecule has 0 saturated heterocycles.